The molecule has 0 amide bonds. The third kappa shape index (κ3) is 12.4. The van der Waals surface area contributed by atoms with Crippen molar-refractivity contribution in [3.05, 3.63) is 59.7 Å². The van der Waals surface area contributed by atoms with Crippen LogP contribution < -0.4 is 0 Å². The van der Waals surface area contributed by atoms with E-state index in [1.165, 1.54) is 115 Å². The highest BCUT2D eigenvalue weighted by atomic mass is 16.4. The first-order chi connectivity index (χ1) is 16.7. The van der Waals surface area contributed by atoms with Crippen molar-refractivity contribution < 1.29 is 9.90 Å². The zero-order valence-corrected chi connectivity index (χ0v) is 21.7. The van der Waals surface area contributed by atoms with Crippen LogP contribution >= 0.6 is 0 Å². The van der Waals surface area contributed by atoms with E-state index < -0.39 is 5.97 Å². The van der Waals surface area contributed by atoms with Crippen LogP contribution in [0.5, 0.6) is 0 Å². The van der Waals surface area contributed by atoms with Gasteiger partial charge >= 0.3 is 5.97 Å². The molecule has 0 fully saturated rings. The van der Waals surface area contributed by atoms with E-state index in [0.717, 1.165) is 17.5 Å². The summed E-state index contributed by atoms with van der Waals surface area (Å²) < 4.78 is 0. The van der Waals surface area contributed by atoms with E-state index in [1.807, 2.05) is 12.1 Å². The molecule has 0 atom stereocenters. The Balaban J connectivity index is 1.41. The average molecular weight is 465 g/mol. The summed E-state index contributed by atoms with van der Waals surface area (Å²) in [6, 6.07) is 15.8. The predicted octanol–water partition coefficient (Wildman–Crippen LogP) is 10.2. The quantitative estimate of drug-likeness (QED) is 0.198. The van der Waals surface area contributed by atoms with E-state index >= 15 is 0 Å². The molecule has 0 heterocycles. The maximum absolute atomic E-state index is 11.0. The van der Waals surface area contributed by atoms with Gasteiger partial charge in [0.15, 0.2) is 0 Å². The number of aromatic carboxylic acids is 1. The van der Waals surface area contributed by atoms with E-state index in [-0.39, 0.29) is 0 Å². The topological polar surface area (TPSA) is 37.3 Å². The van der Waals surface area contributed by atoms with Crippen molar-refractivity contribution in [1.82, 2.24) is 0 Å². The lowest BCUT2D eigenvalue weighted by molar-refractivity contribution is 0.0697. The molecule has 0 bridgehead atoms. The van der Waals surface area contributed by atoms with Crippen molar-refractivity contribution in [2.24, 2.45) is 0 Å². The minimum Gasteiger partial charge on any atom is -0.478 e. The fourth-order valence-corrected chi connectivity index (χ4v) is 4.72. The van der Waals surface area contributed by atoms with Gasteiger partial charge in [0.25, 0.3) is 0 Å². The molecule has 2 rings (SSSR count). The highest BCUT2D eigenvalue weighted by Crippen LogP contribution is 2.21. The number of unbranched alkanes of at least 4 members (excludes halogenated alkanes) is 16. The Hall–Kier alpha value is -2.09. The highest BCUT2D eigenvalue weighted by molar-refractivity contribution is 5.88. The lowest BCUT2D eigenvalue weighted by atomic mass is 10.00. The van der Waals surface area contributed by atoms with Crippen LogP contribution in [-0.4, -0.2) is 11.1 Å². The summed E-state index contributed by atoms with van der Waals surface area (Å²) in [7, 11) is 0. The first-order valence-electron chi connectivity index (χ1n) is 14.1. The van der Waals surface area contributed by atoms with E-state index in [2.05, 4.69) is 31.2 Å². The summed E-state index contributed by atoms with van der Waals surface area (Å²) in [5, 5.41) is 9.02. The summed E-state index contributed by atoms with van der Waals surface area (Å²) in [6.45, 7) is 2.29. The van der Waals surface area contributed by atoms with Crippen LogP contribution in [0.4, 0.5) is 0 Å². The molecule has 0 aliphatic heterocycles. The van der Waals surface area contributed by atoms with Crippen LogP contribution in [0.3, 0.4) is 0 Å². The molecule has 2 aromatic carbocycles. The van der Waals surface area contributed by atoms with Crippen LogP contribution in [-0.2, 0) is 6.42 Å². The lowest BCUT2D eigenvalue weighted by Crippen LogP contribution is -1.95. The molecule has 0 aromatic heterocycles. The second-order valence-corrected chi connectivity index (χ2v) is 9.99. The van der Waals surface area contributed by atoms with Crippen molar-refractivity contribution in [3.8, 4) is 11.1 Å². The summed E-state index contributed by atoms with van der Waals surface area (Å²) in [4.78, 5) is 11.0. The zero-order valence-electron chi connectivity index (χ0n) is 21.7. The molecule has 0 aliphatic carbocycles. The van der Waals surface area contributed by atoms with Gasteiger partial charge in [0.1, 0.15) is 0 Å². The van der Waals surface area contributed by atoms with Gasteiger partial charge in [-0.25, -0.2) is 4.79 Å². The maximum atomic E-state index is 11.0. The van der Waals surface area contributed by atoms with Crippen molar-refractivity contribution >= 4 is 5.97 Å². The molecule has 0 unspecified atom stereocenters. The molecule has 188 valence electrons. The monoisotopic (exact) mass is 464 g/mol. The maximum Gasteiger partial charge on any atom is 0.335 e. The number of hydrogen-bond acceptors (Lipinski definition) is 1. The van der Waals surface area contributed by atoms with E-state index in [9.17, 15) is 4.79 Å². The summed E-state index contributed by atoms with van der Waals surface area (Å²) in [5.41, 5.74) is 3.93. The number of rotatable bonds is 20. The second-order valence-electron chi connectivity index (χ2n) is 9.99. The van der Waals surface area contributed by atoms with Crippen LogP contribution in [0.25, 0.3) is 11.1 Å². The fourth-order valence-electron chi connectivity index (χ4n) is 4.72. The lowest BCUT2D eigenvalue weighted by Gasteiger charge is -2.06. The molecule has 1 N–H and O–H groups in total. The Bertz CT molecular complexity index is 761. The fraction of sp³-hybridized carbons (Fsp3) is 0.594. The number of carboxylic acid groups (broad SMARTS) is 1. The van der Waals surface area contributed by atoms with Gasteiger partial charge in [-0.2, -0.15) is 0 Å². The molecule has 2 nitrogen and oxygen atoms in total. The Labute approximate surface area is 209 Å². The largest absolute Gasteiger partial charge is 0.478 e. The molecule has 0 aliphatic rings. The number of carboxylic acids is 1. The van der Waals surface area contributed by atoms with Gasteiger partial charge in [-0.05, 0) is 41.7 Å². The third-order valence-electron chi connectivity index (χ3n) is 6.99. The van der Waals surface area contributed by atoms with Gasteiger partial charge in [0, 0.05) is 0 Å². The van der Waals surface area contributed by atoms with Gasteiger partial charge in [-0.3, -0.25) is 0 Å². The van der Waals surface area contributed by atoms with Crippen molar-refractivity contribution in [2.45, 2.75) is 122 Å². The molecule has 0 radical (unpaired) electrons. The Kier molecular flexibility index (Phi) is 15.1. The Morgan fingerprint density at radius 1 is 0.529 bits per heavy atom. The normalized spacial score (nSPS) is 11.1. The van der Waals surface area contributed by atoms with E-state index in [4.69, 9.17) is 5.11 Å². The van der Waals surface area contributed by atoms with Crippen LogP contribution in [0.1, 0.15) is 132 Å². The van der Waals surface area contributed by atoms with Crippen molar-refractivity contribution in [1.29, 1.82) is 0 Å². The summed E-state index contributed by atoms with van der Waals surface area (Å²) in [5.74, 6) is -0.879. The first-order valence-corrected chi connectivity index (χ1v) is 14.1. The molecule has 0 spiro atoms. The number of hydrogen-bond donors (Lipinski definition) is 1. The molecular weight excluding hydrogens is 416 g/mol. The number of benzene rings is 2. The highest BCUT2D eigenvalue weighted by Gasteiger charge is 2.03. The molecule has 2 heteroatoms. The van der Waals surface area contributed by atoms with Crippen molar-refractivity contribution in [2.75, 3.05) is 0 Å². The SMILES string of the molecule is CCCCCCCCCCCCCCCCCCCc1ccc(-c2ccc(C(=O)O)cc2)cc1. The van der Waals surface area contributed by atoms with E-state index in [1.54, 1.807) is 12.1 Å². The molecule has 34 heavy (non-hydrogen) atoms. The zero-order chi connectivity index (χ0) is 24.3. The van der Waals surface area contributed by atoms with Crippen LogP contribution in [0, 0.1) is 0 Å². The van der Waals surface area contributed by atoms with Gasteiger partial charge in [-0.15, -0.1) is 0 Å². The summed E-state index contributed by atoms with van der Waals surface area (Å²) >= 11 is 0. The van der Waals surface area contributed by atoms with Gasteiger partial charge in [0.2, 0.25) is 0 Å². The number of aryl methyl sites for hydroxylation is 1. The van der Waals surface area contributed by atoms with Gasteiger partial charge < -0.3 is 5.11 Å². The number of carbonyl (C=O) groups is 1. The summed E-state index contributed by atoms with van der Waals surface area (Å²) in [6.07, 6.45) is 25.1. The third-order valence-corrected chi connectivity index (χ3v) is 6.99. The minimum atomic E-state index is -0.879. The molecular formula is C32H48O2. The van der Waals surface area contributed by atoms with Gasteiger partial charge in [0.05, 0.1) is 5.56 Å². The molecule has 2 aromatic rings. The molecule has 0 saturated heterocycles. The van der Waals surface area contributed by atoms with Crippen molar-refractivity contribution in [3.63, 3.8) is 0 Å². The first kappa shape index (κ1) is 28.1. The van der Waals surface area contributed by atoms with Gasteiger partial charge in [-0.1, -0.05) is 146 Å². The second kappa shape index (κ2) is 18.3. The smallest absolute Gasteiger partial charge is 0.335 e. The van der Waals surface area contributed by atoms with E-state index in [0.29, 0.717) is 5.56 Å². The Morgan fingerprint density at radius 3 is 1.26 bits per heavy atom. The minimum absolute atomic E-state index is 0.333. The molecule has 0 saturated carbocycles. The van der Waals surface area contributed by atoms with Crippen LogP contribution in [0.15, 0.2) is 48.5 Å². The van der Waals surface area contributed by atoms with Crippen LogP contribution in [0.2, 0.25) is 0 Å². The Morgan fingerprint density at radius 2 is 0.882 bits per heavy atom. The average Bonchev–Trinajstić information content (AvgIpc) is 2.86. The predicted molar refractivity (Wildman–Crippen MR) is 147 cm³/mol. The standard InChI is InChI=1S/C32H48O2/c1-2-3-4-5-6-7-8-9-10-11-12-13-14-15-16-17-18-19-28-20-22-29(23-21-28)30-24-26-31(27-25-30)32(33)34/h20-27H,2-19H2,1H3,(H,33,34).